The number of rotatable bonds is 2. The van der Waals surface area contributed by atoms with Crippen LogP contribution in [0.3, 0.4) is 0 Å². The van der Waals surface area contributed by atoms with Crippen LogP contribution in [0.15, 0.2) is 46.8 Å². The molecule has 16 heavy (non-hydrogen) atoms. The quantitative estimate of drug-likeness (QED) is 0.522. The van der Waals surface area contributed by atoms with Crippen LogP contribution in [0, 0.1) is 14.9 Å². The van der Waals surface area contributed by atoms with Crippen molar-refractivity contribution >= 4 is 34.3 Å². The zero-order valence-electron chi connectivity index (χ0n) is 9.77. The Labute approximate surface area is 134 Å². The number of hydrogen-bond donors (Lipinski definition) is 0. The molecule has 0 saturated heterocycles. The third-order valence-corrected chi connectivity index (χ3v) is 3.57. The first kappa shape index (κ1) is 25.5. The first-order chi connectivity index (χ1) is 5.45. The fourth-order valence-electron chi connectivity index (χ4n) is 1.38. The second-order valence-corrected chi connectivity index (χ2v) is 4.66. The molecule has 0 saturated carbocycles. The summed E-state index contributed by atoms with van der Waals surface area (Å²) in [6.07, 6.45) is 15.8. The third-order valence-electron chi connectivity index (χ3n) is 1.97. The van der Waals surface area contributed by atoms with Crippen LogP contribution in [-0.4, -0.2) is 9.52 Å². The van der Waals surface area contributed by atoms with E-state index >= 15 is 0 Å². The van der Waals surface area contributed by atoms with Gasteiger partial charge in [-0.1, -0.05) is 46.8 Å². The zero-order valence-corrected chi connectivity index (χ0v) is 15.0. The first-order valence-electron chi connectivity index (χ1n) is 4.01. The van der Waals surface area contributed by atoms with Crippen molar-refractivity contribution in [2.24, 2.45) is 0 Å². The molecule has 0 bridgehead atoms. The molecule has 2 aliphatic rings. The molecule has 0 spiro atoms. The molecule has 0 amide bonds. The van der Waals surface area contributed by atoms with Gasteiger partial charge in [0.15, 0.2) is 0 Å². The van der Waals surface area contributed by atoms with Gasteiger partial charge in [-0.3, -0.25) is 0 Å². The van der Waals surface area contributed by atoms with Crippen LogP contribution in [0.25, 0.3) is 0 Å². The molecule has 2 aliphatic carbocycles. The molecule has 0 atom stereocenters. The first-order valence-corrected chi connectivity index (χ1v) is 5.17. The molecule has 0 unspecified atom stereocenters. The minimum absolute atomic E-state index is 0. The van der Waals surface area contributed by atoms with Crippen molar-refractivity contribution in [2.75, 3.05) is 0 Å². The van der Waals surface area contributed by atoms with Gasteiger partial charge in [-0.05, 0) is 12.8 Å². The molecule has 0 nitrogen and oxygen atoms in total. The summed E-state index contributed by atoms with van der Waals surface area (Å²) in [6, 6.07) is 0. The van der Waals surface area contributed by atoms with Gasteiger partial charge in [-0.2, -0.15) is 0 Å². The predicted molar refractivity (Wildman–Crippen MR) is 78.2 cm³/mol. The zero-order chi connectivity index (χ0) is 7.52. The van der Waals surface area contributed by atoms with Crippen molar-refractivity contribution < 1.29 is 26.2 Å². The van der Waals surface area contributed by atoms with Gasteiger partial charge in [0.1, 0.15) is 0 Å². The van der Waals surface area contributed by atoms with Gasteiger partial charge < -0.3 is 14.9 Å². The maximum absolute atomic E-state index is 2.27. The van der Waals surface area contributed by atoms with E-state index in [1.54, 1.807) is 10.4 Å². The van der Waals surface area contributed by atoms with Crippen LogP contribution < -0.4 is 0 Å². The largest absolute Gasteiger partial charge is 2.00 e. The molecule has 0 fully saturated rings. The Kier molecular flexibility index (Phi) is 21.8. The Morgan fingerprint density at radius 2 is 1.19 bits per heavy atom. The van der Waals surface area contributed by atoms with Crippen LogP contribution in [-0.2, 0) is 26.2 Å². The summed E-state index contributed by atoms with van der Waals surface area (Å²) in [5, 5.41) is 3.28. The SMILES string of the molecule is C1=CCC([SiH]C2=CC=CC2)=C1.Cl.Cl.[CH3-].[CH3-].[Zr+2]. The average Bonchev–Trinajstić information content (AvgIpc) is 2.60. The van der Waals surface area contributed by atoms with E-state index in [1.807, 2.05) is 0 Å². The van der Waals surface area contributed by atoms with E-state index < -0.39 is 0 Å². The summed E-state index contributed by atoms with van der Waals surface area (Å²) in [5.74, 6) is 0. The second kappa shape index (κ2) is 13.7. The predicted octanol–water partition coefficient (Wildman–Crippen LogP) is 3.85. The molecule has 0 heterocycles. The second-order valence-electron chi connectivity index (χ2n) is 2.89. The van der Waals surface area contributed by atoms with Crippen LogP contribution >= 0.6 is 24.8 Å². The standard InChI is InChI=1S/C10H11Si.2CH3.2ClH.Zr/c1-2-6-9(5-1)11-10-7-3-4-8-10;;;;;/h1-5,7,11H,6,8H2;2*1H3;2*1H;/q;2*-1;;;+2. The maximum Gasteiger partial charge on any atom is 2.00 e. The average molecular weight is 354 g/mol. The van der Waals surface area contributed by atoms with Gasteiger partial charge >= 0.3 is 26.2 Å². The van der Waals surface area contributed by atoms with E-state index in [9.17, 15) is 0 Å². The van der Waals surface area contributed by atoms with Crippen molar-refractivity contribution in [1.29, 1.82) is 0 Å². The summed E-state index contributed by atoms with van der Waals surface area (Å²) in [6.45, 7) is 0. The van der Waals surface area contributed by atoms with Crippen molar-refractivity contribution in [2.45, 2.75) is 12.8 Å². The number of halogens is 2. The minimum atomic E-state index is 0. The number of allylic oxidation sites excluding steroid dienone is 8. The maximum atomic E-state index is 2.27. The van der Waals surface area contributed by atoms with Gasteiger partial charge in [0.05, 0.1) is 9.52 Å². The molecule has 1 radical (unpaired) electrons. The smallest absolute Gasteiger partial charge is 0.358 e. The normalized spacial score (nSPS) is 14.2. The Bertz CT molecular complexity index is 253. The third kappa shape index (κ3) is 7.84. The Balaban J connectivity index is -0.000000144. The van der Waals surface area contributed by atoms with Gasteiger partial charge in [0.25, 0.3) is 0 Å². The molecule has 2 rings (SSSR count). The van der Waals surface area contributed by atoms with Crippen LogP contribution in [0.2, 0.25) is 0 Å². The summed E-state index contributed by atoms with van der Waals surface area (Å²) in [7, 11) is 0.449. The van der Waals surface area contributed by atoms with Crippen molar-refractivity contribution in [3.8, 4) is 0 Å². The molecule has 4 heteroatoms. The Morgan fingerprint density at radius 3 is 1.44 bits per heavy atom. The van der Waals surface area contributed by atoms with Crippen molar-refractivity contribution in [3.05, 3.63) is 61.7 Å². The Morgan fingerprint density at radius 1 is 0.812 bits per heavy atom. The van der Waals surface area contributed by atoms with Crippen LogP contribution in [0.5, 0.6) is 0 Å². The van der Waals surface area contributed by atoms with E-state index in [2.05, 4.69) is 36.5 Å². The van der Waals surface area contributed by atoms with Crippen LogP contribution in [0.1, 0.15) is 12.8 Å². The topological polar surface area (TPSA) is 0 Å². The summed E-state index contributed by atoms with van der Waals surface area (Å²) < 4.78 is 0. The number of hydrogen-bond acceptors (Lipinski definition) is 0. The molecule has 0 aromatic heterocycles. The van der Waals surface area contributed by atoms with Gasteiger partial charge in [-0.15, -0.1) is 24.8 Å². The molecular formula is C12H19Cl2SiZr. The summed E-state index contributed by atoms with van der Waals surface area (Å²) in [5.41, 5.74) is 0. The van der Waals surface area contributed by atoms with Gasteiger partial charge in [-0.25, -0.2) is 0 Å². The van der Waals surface area contributed by atoms with Crippen LogP contribution in [0.4, 0.5) is 0 Å². The molecular weight excluding hydrogens is 334 g/mol. The van der Waals surface area contributed by atoms with E-state index in [0.717, 1.165) is 0 Å². The fourth-order valence-corrected chi connectivity index (χ4v) is 2.78. The minimum Gasteiger partial charge on any atom is -0.358 e. The molecule has 0 aromatic carbocycles. The van der Waals surface area contributed by atoms with Crippen molar-refractivity contribution in [3.63, 3.8) is 0 Å². The van der Waals surface area contributed by atoms with E-state index in [1.165, 1.54) is 12.8 Å². The molecule has 0 N–H and O–H groups in total. The van der Waals surface area contributed by atoms with Gasteiger partial charge in [0.2, 0.25) is 0 Å². The van der Waals surface area contributed by atoms with E-state index in [4.69, 9.17) is 0 Å². The molecule has 89 valence electrons. The monoisotopic (exact) mass is 351 g/mol. The summed E-state index contributed by atoms with van der Waals surface area (Å²) >= 11 is 0. The summed E-state index contributed by atoms with van der Waals surface area (Å²) in [4.78, 5) is 0. The molecule has 0 aromatic rings. The fraction of sp³-hybridized carbons (Fsp3) is 0.167. The van der Waals surface area contributed by atoms with Gasteiger partial charge in [0, 0.05) is 0 Å². The van der Waals surface area contributed by atoms with Crippen molar-refractivity contribution in [1.82, 2.24) is 0 Å². The van der Waals surface area contributed by atoms with E-state index in [-0.39, 0.29) is 65.9 Å². The van der Waals surface area contributed by atoms with E-state index in [0.29, 0.717) is 9.52 Å². The Hall–Kier alpha value is 0.640. The molecule has 0 aliphatic heterocycles.